The molecule has 1 fully saturated rings. The Balaban J connectivity index is 2.07. The van der Waals surface area contributed by atoms with Crippen LogP contribution in [-0.4, -0.2) is 30.7 Å². The molecule has 1 saturated carbocycles. The Kier molecular flexibility index (Phi) is 3.94. The van der Waals surface area contributed by atoms with Crippen LogP contribution in [0, 0.1) is 11.3 Å². The Labute approximate surface area is 134 Å². The molecule has 0 radical (unpaired) electrons. The molecule has 1 aliphatic carbocycles. The van der Waals surface area contributed by atoms with Crippen LogP contribution < -0.4 is 14.8 Å². The lowest BCUT2D eigenvalue weighted by Crippen LogP contribution is -2.28. The number of nitrogens with zero attached hydrogens (tertiary/aromatic N) is 2. The maximum absolute atomic E-state index is 12.5. The van der Waals surface area contributed by atoms with Crippen molar-refractivity contribution in [3.05, 3.63) is 41.7 Å². The van der Waals surface area contributed by atoms with Gasteiger partial charge in [-0.05, 0) is 31.0 Å². The second kappa shape index (κ2) is 6.05. The first kappa shape index (κ1) is 15.0. The van der Waals surface area contributed by atoms with Gasteiger partial charge in [0.2, 0.25) is 0 Å². The average molecular weight is 311 g/mol. The van der Waals surface area contributed by atoms with Crippen LogP contribution in [0.25, 0.3) is 5.69 Å². The third-order valence-corrected chi connectivity index (χ3v) is 3.78. The molecule has 0 spiro atoms. The lowest BCUT2D eigenvalue weighted by molar-refractivity contribution is 0.0944. The summed E-state index contributed by atoms with van der Waals surface area (Å²) in [6.07, 6.45) is 3.67. The van der Waals surface area contributed by atoms with E-state index in [1.54, 1.807) is 49.2 Å². The minimum atomic E-state index is -0.244. The van der Waals surface area contributed by atoms with Gasteiger partial charge >= 0.3 is 0 Å². The van der Waals surface area contributed by atoms with Crippen molar-refractivity contribution >= 4 is 5.91 Å². The van der Waals surface area contributed by atoms with Gasteiger partial charge in [0.25, 0.3) is 5.91 Å². The van der Waals surface area contributed by atoms with Gasteiger partial charge in [-0.1, -0.05) is 0 Å². The van der Waals surface area contributed by atoms with Gasteiger partial charge in [0, 0.05) is 18.3 Å². The van der Waals surface area contributed by atoms with Gasteiger partial charge in [0.15, 0.2) is 0 Å². The summed E-state index contributed by atoms with van der Waals surface area (Å²) < 4.78 is 12.3. The van der Waals surface area contributed by atoms with E-state index in [4.69, 9.17) is 9.47 Å². The second-order valence-electron chi connectivity index (χ2n) is 5.35. The number of amides is 1. The molecule has 1 aromatic heterocycles. The van der Waals surface area contributed by atoms with Crippen molar-refractivity contribution in [2.75, 3.05) is 14.2 Å². The van der Waals surface area contributed by atoms with E-state index in [1.165, 1.54) is 0 Å². The molecule has 6 nitrogen and oxygen atoms in total. The van der Waals surface area contributed by atoms with E-state index in [1.807, 2.05) is 0 Å². The standard InChI is InChI=1S/C17H17N3O3/c1-22-13-5-6-14(15(9-13)23-2)20-8-7-11(10-18)16(20)17(21)19-12-3-4-12/h5-9,12H,3-4H2,1-2H3,(H,19,21). The Morgan fingerprint density at radius 2 is 2.09 bits per heavy atom. The Bertz CT molecular complexity index is 785. The Morgan fingerprint density at radius 3 is 2.70 bits per heavy atom. The predicted molar refractivity (Wildman–Crippen MR) is 84.1 cm³/mol. The molecular weight excluding hydrogens is 294 g/mol. The van der Waals surface area contributed by atoms with E-state index >= 15 is 0 Å². The lowest BCUT2D eigenvalue weighted by Gasteiger charge is -2.14. The van der Waals surface area contributed by atoms with Crippen molar-refractivity contribution in [3.63, 3.8) is 0 Å². The van der Waals surface area contributed by atoms with Gasteiger partial charge in [-0.15, -0.1) is 0 Å². The van der Waals surface area contributed by atoms with Crippen LogP contribution in [-0.2, 0) is 0 Å². The van der Waals surface area contributed by atoms with Crippen molar-refractivity contribution in [2.24, 2.45) is 0 Å². The molecule has 1 heterocycles. The molecular formula is C17H17N3O3. The van der Waals surface area contributed by atoms with Gasteiger partial charge in [-0.25, -0.2) is 0 Å². The van der Waals surface area contributed by atoms with Gasteiger partial charge in [0.05, 0.1) is 25.5 Å². The molecule has 0 bridgehead atoms. The molecule has 118 valence electrons. The zero-order valence-electron chi connectivity index (χ0n) is 13.0. The largest absolute Gasteiger partial charge is 0.497 e. The smallest absolute Gasteiger partial charge is 0.269 e. The first-order chi connectivity index (χ1) is 11.2. The van der Waals surface area contributed by atoms with Crippen LogP contribution in [0.3, 0.4) is 0 Å². The summed E-state index contributed by atoms with van der Waals surface area (Å²) in [5, 5.41) is 12.2. The summed E-state index contributed by atoms with van der Waals surface area (Å²) in [5.74, 6) is 0.971. The highest BCUT2D eigenvalue weighted by atomic mass is 16.5. The third-order valence-electron chi connectivity index (χ3n) is 3.78. The highest BCUT2D eigenvalue weighted by Crippen LogP contribution is 2.30. The summed E-state index contributed by atoms with van der Waals surface area (Å²) in [4.78, 5) is 12.5. The van der Waals surface area contributed by atoms with E-state index < -0.39 is 0 Å². The Hall–Kier alpha value is -2.94. The fourth-order valence-electron chi connectivity index (χ4n) is 2.42. The van der Waals surface area contributed by atoms with Crippen LogP contribution >= 0.6 is 0 Å². The van der Waals surface area contributed by atoms with Gasteiger partial charge in [-0.2, -0.15) is 5.26 Å². The number of methoxy groups -OCH3 is 2. The first-order valence-electron chi connectivity index (χ1n) is 7.32. The Morgan fingerprint density at radius 1 is 1.30 bits per heavy atom. The number of carbonyl (C=O) groups excluding carboxylic acids is 1. The fraction of sp³-hybridized carbons (Fsp3) is 0.294. The maximum atomic E-state index is 12.5. The predicted octanol–water partition coefficient (Wildman–Crippen LogP) is 2.26. The maximum Gasteiger partial charge on any atom is 0.269 e. The summed E-state index contributed by atoms with van der Waals surface area (Å²) in [6, 6.07) is 9.24. The van der Waals surface area contributed by atoms with Crippen molar-refractivity contribution in [2.45, 2.75) is 18.9 Å². The first-order valence-corrected chi connectivity index (χ1v) is 7.32. The fourth-order valence-corrected chi connectivity index (χ4v) is 2.42. The molecule has 3 rings (SSSR count). The number of hydrogen-bond acceptors (Lipinski definition) is 4. The minimum Gasteiger partial charge on any atom is -0.497 e. The molecule has 23 heavy (non-hydrogen) atoms. The van der Waals surface area contributed by atoms with Crippen molar-refractivity contribution in [1.29, 1.82) is 5.26 Å². The van der Waals surface area contributed by atoms with E-state index in [2.05, 4.69) is 11.4 Å². The molecule has 0 unspecified atom stereocenters. The van der Waals surface area contributed by atoms with Crippen LogP contribution in [0.1, 0.15) is 28.9 Å². The molecule has 6 heteroatoms. The number of carbonyl (C=O) groups is 1. The summed E-state index contributed by atoms with van der Waals surface area (Å²) in [5.41, 5.74) is 1.33. The van der Waals surface area contributed by atoms with Crippen LogP contribution in [0.2, 0.25) is 0 Å². The topological polar surface area (TPSA) is 76.3 Å². The zero-order chi connectivity index (χ0) is 16.4. The highest BCUT2D eigenvalue weighted by molar-refractivity contribution is 5.96. The summed E-state index contributed by atoms with van der Waals surface area (Å²) in [6.45, 7) is 0. The van der Waals surface area contributed by atoms with E-state index in [0.29, 0.717) is 28.4 Å². The number of benzene rings is 1. The molecule has 1 N–H and O–H groups in total. The number of aromatic nitrogens is 1. The second-order valence-corrected chi connectivity index (χ2v) is 5.35. The van der Waals surface area contributed by atoms with Crippen LogP contribution in [0.15, 0.2) is 30.5 Å². The molecule has 2 aromatic rings. The average Bonchev–Trinajstić information content (AvgIpc) is 3.28. The minimum absolute atomic E-state index is 0.218. The van der Waals surface area contributed by atoms with Gasteiger partial charge < -0.3 is 19.4 Å². The SMILES string of the molecule is COc1ccc(-n2ccc(C#N)c2C(=O)NC2CC2)c(OC)c1. The number of nitriles is 1. The van der Waals surface area contributed by atoms with E-state index in [9.17, 15) is 10.1 Å². The third kappa shape index (κ3) is 2.86. The zero-order valence-corrected chi connectivity index (χ0v) is 13.0. The van der Waals surface area contributed by atoms with Crippen molar-refractivity contribution < 1.29 is 14.3 Å². The molecule has 0 aliphatic heterocycles. The van der Waals surface area contributed by atoms with E-state index in [0.717, 1.165) is 12.8 Å². The van der Waals surface area contributed by atoms with E-state index in [-0.39, 0.29) is 11.9 Å². The number of nitrogens with one attached hydrogen (secondary N) is 1. The molecule has 1 aliphatic rings. The van der Waals surface area contributed by atoms with Crippen LogP contribution in [0.4, 0.5) is 0 Å². The normalized spacial score (nSPS) is 13.3. The number of hydrogen-bond donors (Lipinski definition) is 1. The molecule has 0 saturated heterocycles. The van der Waals surface area contributed by atoms with Crippen molar-refractivity contribution in [3.8, 4) is 23.3 Å². The number of rotatable bonds is 5. The summed E-state index contributed by atoms with van der Waals surface area (Å²) >= 11 is 0. The molecule has 0 atom stereocenters. The quantitative estimate of drug-likeness (QED) is 0.919. The lowest BCUT2D eigenvalue weighted by atomic mass is 10.2. The molecule has 1 amide bonds. The van der Waals surface area contributed by atoms with Crippen LogP contribution in [0.5, 0.6) is 11.5 Å². The highest BCUT2D eigenvalue weighted by Gasteiger charge is 2.27. The van der Waals surface area contributed by atoms with Gasteiger partial charge in [0.1, 0.15) is 23.3 Å². The van der Waals surface area contributed by atoms with Crippen molar-refractivity contribution in [1.82, 2.24) is 9.88 Å². The number of ether oxygens (including phenoxy) is 2. The summed E-state index contributed by atoms with van der Waals surface area (Å²) in [7, 11) is 3.13. The molecule has 1 aromatic carbocycles. The van der Waals surface area contributed by atoms with Gasteiger partial charge in [-0.3, -0.25) is 4.79 Å². The monoisotopic (exact) mass is 311 g/mol.